The maximum absolute atomic E-state index is 10.7. The molecule has 0 saturated carbocycles. The highest BCUT2D eigenvalue weighted by Crippen LogP contribution is 2.27. The molecule has 0 heterocycles. The Balaban J connectivity index is 2.25. The van der Waals surface area contributed by atoms with Gasteiger partial charge in [0.1, 0.15) is 11.5 Å². The predicted molar refractivity (Wildman–Crippen MR) is 68.8 cm³/mol. The number of nitrogen functional groups attached to an aromatic ring is 1. The van der Waals surface area contributed by atoms with Crippen LogP contribution in [0.2, 0.25) is 0 Å². The smallest absolute Gasteiger partial charge is 0.272 e. The zero-order valence-electron chi connectivity index (χ0n) is 9.79. The summed E-state index contributed by atoms with van der Waals surface area (Å²) in [6.07, 6.45) is 0. The van der Waals surface area contributed by atoms with E-state index in [0.29, 0.717) is 22.7 Å². The Kier molecular flexibility index (Phi) is 3.14. The highest BCUT2D eigenvalue weighted by molar-refractivity contribution is 5.48. The van der Waals surface area contributed by atoms with Crippen LogP contribution in [-0.4, -0.2) is 4.92 Å². The molecule has 18 heavy (non-hydrogen) atoms. The van der Waals surface area contributed by atoms with Crippen molar-refractivity contribution >= 4 is 11.4 Å². The molecular weight excluding hydrogens is 232 g/mol. The Morgan fingerprint density at radius 3 is 2.50 bits per heavy atom. The van der Waals surface area contributed by atoms with E-state index in [1.54, 1.807) is 43.3 Å². The Labute approximate surface area is 104 Å². The number of nitro benzene ring substituents is 1. The third-order valence-electron chi connectivity index (χ3n) is 2.46. The van der Waals surface area contributed by atoms with Gasteiger partial charge in [-0.15, -0.1) is 0 Å². The van der Waals surface area contributed by atoms with E-state index in [9.17, 15) is 10.1 Å². The van der Waals surface area contributed by atoms with Gasteiger partial charge >= 0.3 is 0 Å². The van der Waals surface area contributed by atoms with E-state index in [0.717, 1.165) is 0 Å². The molecule has 2 rings (SSSR count). The number of aryl methyl sites for hydroxylation is 1. The van der Waals surface area contributed by atoms with Gasteiger partial charge in [-0.1, -0.05) is 6.07 Å². The number of anilines is 1. The number of nitrogens with two attached hydrogens (primary N) is 1. The topological polar surface area (TPSA) is 78.4 Å². The molecule has 2 aromatic rings. The third kappa shape index (κ3) is 2.57. The lowest BCUT2D eigenvalue weighted by atomic mass is 10.2. The van der Waals surface area contributed by atoms with Crippen LogP contribution in [0.15, 0.2) is 42.5 Å². The lowest BCUT2D eigenvalue weighted by molar-refractivity contribution is -0.385. The molecule has 0 unspecified atom stereocenters. The second-order valence-electron chi connectivity index (χ2n) is 3.88. The molecule has 2 N–H and O–H groups in total. The van der Waals surface area contributed by atoms with Crippen LogP contribution in [0, 0.1) is 17.0 Å². The van der Waals surface area contributed by atoms with Crippen LogP contribution in [-0.2, 0) is 0 Å². The fourth-order valence-corrected chi connectivity index (χ4v) is 1.61. The molecule has 0 fully saturated rings. The van der Waals surface area contributed by atoms with Crippen molar-refractivity contribution in [2.75, 3.05) is 5.73 Å². The third-order valence-corrected chi connectivity index (χ3v) is 2.46. The molecule has 5 heteroatoms. The van der Waals surface area contributed by atoms with Crippen molar-refractivity contribution in [1.82, 2.24) is 0 Å². The predicted octanol–water partition coefficient (Wildman–Crippen LogP) is 3.28. The molecule has 92 valence electrons. The zero-order chi connectivity index (χ0) is 13.1. The molecule has 0 amide bonds. The van der Waals surface area contributed by atoms with Crippen LogP contribution in [0.1, 0.15) is 5.56 Å². The van der Waals surface area contributed by atoms with Crippen molar-refractivity contribution in [3.8, 4) is 11.5 Å². The standard InChI is InChI=1S/C13H12N2O3/c1-9-7-12(5-6-13(9)15(16)17)18-11-4-2-3-10(14)8-11/h2-8H,14H2,1H3. The number of hydrogen-bond acceptors (Lipinski definition) is 4. The molecule has 5 nitrogen and oxygen atoms in total. The minimum absolute atomic E-state index is 0.0786. The Morgan fingerprint density at radius 2 is 1.89 bits per heavy atom. The minimum Gasteiger partial charge on any atom is -0.457 e. The van der Waals surface area contributed by atoms with E-state index in [1.807, 2.05) is 0 Å². The summed E-state index contributed by atoms with van der Waals surface area (Å²) in [6, 6.07) is 11.6. The first kappa shape index (κ1) is 11.9. The number of nitrogens with zero attached hydrogens (tertiary/aromatic N) is 1. The lowest BCUT2D eigenvalue weighted by Crippen LogP contribution is -1.93. The van der Waals surface area contributed by atoms with Crippen molar-refractivity contribution in [2.45, 2.75) is 6.92 Å². The van der Waals surface area contributed by atoms with Crippen molar-refractivity contribution in [3.63, 3.8) is 0 Å². The molecule has 0 aliphatic heterocycles. The first-order chi connectivity index (χ1) is 8.56. The van der Waals surface area contributed by atoms with Crippen LogP contribution in [0.5, 0.6) is 11.5 Å². The average molecular weight is 244 g/mol. The van der Waals surface area contributed by atoms with E-state index in [2.05, 4.69) is 0 Å². The fraction of sp³-hybridized carbons (Fsp3) is 0.0769. The maximum Gasteiger partial charge on any atom is 0.272 e. The summed E-state index contributed by atoms with van der Waals surface area (Å²) in [4.78, 5) is 10.3. The normalized spacial score (nSPS) is 10.1. The zero-order valence-corrected chi connectivity index (χ0v) is 9.79. The molecule has 0 aromatic heterocycles. The SMILES string of the molecule is Cc1cc(Oc2cccc(N)c2)ccc1[N+](=O)[O-]. The van der Waals surface area contributed by atoms with E-state index in [4.69, 9.17) is 10.5 Å². The number of benzene rings is 2. The minimum atomic E-state index is -0.417. The Hall–Kier alpha value is -2.56. The average Bonchev–Trinajstić information content (AvgIpc) is 2.28. The van der Waals surface area contributed by atoms with Gasteiger partial charge in [-0.2, -0.15) is 0 Å². The fourth-order valence-electron chi connectivity index (χ4n) is 1.61. The summed E-state index contributed by atoms with van der Waals surface area (Å²) >= 11 is 0. The van der Waals surface area contributed by atoms with Gasteiger partial charge in [0.05, 0.1) is 4.92 Å². The second-order valence-corrected chi connectivity index (χ2v) is 3.88. The molecular formula is C13H12N2O3. The van der Waals surface area contributed by atoms with E-state index in [1.165, 1.54) is 6.07 Å². The number of rotatable bonds is 3. The van der Waals surface area contributed by atoms with Crippen LogP contribution >= 0.6 is 0 Å². The molecule has 0 saturated heterocycles. The van der Waals surface area contributed by atoms with Crippen LogP contribution in [0.3, 0.4) is 0 Å². The summed E-state index contributed by atoms with van der Waals surface area (Å²) in [7, 11) is 0. The maximum atomic E-state index is 10.7. The van der Waals surface area contributed by atoms with Crippen molar-refractivity contribution in [3.05, 3.63) is 58.1 Å². The van der Waals surface area contributed by atoms with Gasteiger partial charge < -0.3 is 10.5 Å². The highest BCUT2D eigenvalue weighted by Gasteiger charge is 2.10. The number of hydrogen-bond donors (Lipinski definition) is 1. The Bertz CT molecular complexity index is 597. The van der Waals surface area contributed by atoms with E-state index >= 15 is 0 Å². The van der Waals surface area contributed by atoms with Crippen LogP contribution in [0.25, 0.3) is 0 Å². The molecule has 0 aliphatic carbocycles. The molecule has 2 aromatic carbocycles. The first-order valence-corrected chi connectivity index (χ1v) is 5.35. The van der Waals surface area contributed by atoms with Crippen molar-refractivity contribution < 1.29 is 9.66 Å². The van der Waals surface area contributed by atoms with E-state index < -0.39 is 4.92 Å². The largest absolute Gasteiger partial charge is 0.457 e. The monoisotopic (exact) mass is 244 g/mol. The number of ether oxygens (including phenoxy) is 1. The van der Waals surface area contributed by atoms with Crippen LogP contribution in [0.4, 0.5) is 11.4 Å². The quantitative estimate of drug-likeness (QED) is 0.510. The van der Waals surface area contributed by atoms with Gasteiger partial charge in [0.25, 0.3) is 5.69 Å². The van der Waals surface area contributed by atoms with Crippen LogP contribution < -0.4 is 10.5 Å². The van der Waals surface area contributed by atoms with Gasteiger partial charge in [0.15, 0.2) is 0 Å². The first-order valence-electron chi connectivity index (χ1n) is 5.35. The summed E-state index contributed by atoms with van der Waals surface area (Å²) < 4.78 is 5.57. The molecule has 0 aliphatic rings. The summed E-state index contributed by atoms with van der Waals surface area (Å²) in [5, 5.41) is 10.7. The molecule has 0 bridgehead atoms. The van der Waals surface area contributed by atoms with E-state index in [-0.39, 0.29) is 5.69 Å². The highest BCUT2D eigenvalue weighted by atomic mass is 16.6. The molecule has 0 radical (unpaired) electrons. The lowest BCUT2D eigenvalue weighted by Gasteiger charge is -2.07. The van der Waals surface area contributed by atoms with Crippen molar-refractivity contribution in [1.29, 1.82) is 0 Å². The molecule has 0 atom stereocenters. The second kappa shape index (κ2) is 4.75. The van der Waals surface area contributed by atoms with Gasteiger partial charge in [-0.3, -0.25) is 10.1 Å². The van der Waals surface area contributed by atoms with Crippen molar-refractivity contribution in [2.24, 2.45) is 0 Å². The van der Waals surface area contributed by atoms with Gasteiger partial charge in [-0.25, -0.2) is 0 Å². The Morgan fingerprint density at radius 1 is 1.17 bits per heavy atom. The van der Waals surface area contributed by atoms with Gasteiger partial charge in [0, 0.05) is 23.4 Å². The molecule has 0 spiro atoms. The number of nitro groups is 1. The van der Waals surface area contributed by atoms with Gasteiger partial charge in [0.2, 0.25) is 0 Å². The summed E-state index contributed by atoms with van der Waals surface area (Å²) in [5.41, 5.74) is 6.88. The summed E-state index contributed by atoms with van der Waals surface area (Å²) in [5.74, 6) is 1.15. The summed E-state index contributed by atoms with van der Waals surface area (Å²) in [6.45, 7) is 1.67. The van der Waals surface area contributed by atoms with Gasteiger partial charge in [-0.05, 0) is 31.2 Å².